The maximum atomic E-state index is 6.68. The van der Waals surface area contributed by atoms with Gasteiger partial charge in [0.2, 0.25) is 0 Å². The van der Waals surface area contributed by atoms with E-state index in [1.54, 1.807) is 0 Å². The van der Waals surface area contributed by atoms with E-state index >= 15 is 0 Å². The van der Waals surface area contributed by atoms with Crippen LogP contribution in [0.3, 0.4) is 0 Å². The van der Waals surface area contributed by atoms with Crippen LogP contribution in [0.4, 0.5) is 0 Å². The Labute approximate surface area is 200 Å². The molecule has 5 nitrogen and oxygen atoms in total. The molecule has 1 heterocycles. The lowest BCUT2D eigenvalue weighted by atomic mass is 9.99. The highest BCUT2D eigenvalue weighted by Crippen LogP contribution is 2.29. The number of benzene rings is 3. The van der Waals surface area contributed by atoms with Gasteiger partial charge in [0.05, 0.1) is 26.4 Å². The Kier molecular flexibility index (Phi) is 8.89. The molecule has 3 aromatic carbocycles. The Morgan fingerprint density at radius 3 is 1.64 bits per heavy atom. The average Bonchev–Trinajstić information content (AvgIpc) is 2.86. The molecule has 0 aromatic heterocycles. The van der Waals surface area contributed by atoms with Crippen molar-refractivity contribution >= 4 is 11.6 Å². The van der Waals surface area contributed by atoms with E-state index in [1.165, 1.54) is 0 Å². The zero-order chi connectivity index (χ0) is 22.9. The van der Waals surface area contributed by atoms with Crippen LogP contribution < -0.4 is 5.73 Å². The number of nitrogens with two attached hydrogens (primary N) is 1. The molecule has 1 aliphatic rings. The number of hydrogen-bond donors (Lipinski definition) is 1. The van der Waals surface area contributed by atoms with Gasteiger partial charge < -0.3 is 24.7 Å². The number of ether oxygens (including phenoxy) is 4. The van der Waals surface area contributed by atoms with Gasteiger partial charge in [-0.1, -0.05) is 91.0 Å². The second kappa shape index (κ2) is 12.3. The van der Waals surface area contributed by atoms with E-state index < -0.39 is 29.9 Å². The summed E-state index contributed by atoms with van der Waals surface area (Å²) in [5.41, 5.74) is 9.44. The minimum Gasteiger partial charge on any atom is -0.374 e. The Hall–Kier alpha value is -2.25. The highest BCUT2D eigenvalue weighted by atomic mass is 35.5. The van der Waals surface area contributed by atoms with Crippen LogP contribution >= 0.6 is 11.6 Å². The normalized spacial score (nSPS) is 25.1. The monoisotopic (exact) mass is 467 g/mol. The summed E-state index contributed by atoms with van der Waals surface area (Å²) in [6, 6.07) is 30.0. The molecule has 174 valence electrons. The quantitative estimate of drug-likeness (QED) is 0.439. The second-order valence-corrected chi connectivity index (χ2v) is 8.61. The summed E-state index contributed by atoms with van der Waals surface area (Å²) in [6.45, 7) is 1.61. The van der Waals surface area contributed by atoms with Gasteiger partial charge in [0.1, 0.15) is 29.9 Å². The van der Waals surface area contributed by atoms with Gasteiger partial charge >= 0.3 is 0 Å². The fourth-order valence-corrected chi connectivity index (χ4v) is 4.13. The molecule has 5 atom stereocenters. The van der Waals surface area contributed by atoms with Gasteiger partial charge in [0.15, 0.2) is 0 Å². The predicted octanol–water partition coefficient (Wildman–Crippen LogP) is 4.67. The third-order valence-corrected chi connectivity index (χ3v) is 6.11. The van der Waals surface area contributed by atoms with Crippen LogP contribution in [0, 0.1) is 0 Å². The first kappa shape index (κ1) is 23.9. The van der Waals surface area contributed by atoms with Crippen LogP contribution in [0.15, 0.2) is 91.0 Å². The first-order chi connectivity index (χ1) is 16.2. The molecule has 1 aliphatic heterocycles. The van der Waals surface area contributed by atoms with Crippen LogP contribution in [0.5, 0.6) is 0 Å². The molecule has 0 unspecified atom stereocenters. The first-order valence-corrected chi connectivity index (χ1v) is 11.6. The molecule has 3 aromatic rings. The molecule has 0 saturated carbocycles. The van der Waals surface area contributed by atoms with Crippen molar-refractivity contribution in [3.8, 4) is 0 Å². The molecule has 0 radical (unpaired) electrons. The molecule has 6 heteroatoms. The highest BCUT2D eigenvalue weighted by molar-refractivity contribution is 6.21. The molecule has 0 bridgehead atoms. The van der Waals surface area contributed by atoms with Crippen molar-refractivity contribution in [2.75, 3.05) is 6.61 Å². The molecule has 0 spiro atoms. The summed E-state index contributed by atoms with van der Waals surface area (Å²) >= 11 is 6.68. The standard InChI is InChI=1S/C27H30ClNO4/c28-24-26(32-18-22-14-8-3-9-15-22)25(31-17-21-12-6-2-7-13-21)23(33-27(24)29)19-30-16-20-10-4-1-5-11-20/h1-15,23-27H,16-19,29H2/t23-,24+,25-,26-,27-/m1/s1. The molecule has 33 heavy (non-hydrogen) atoms. The van der Waals surface area contributed by atoms with Crippen LogP contribution in [0.25, 0.3) is 0 Å². The summed E-state index contributed by atoms with van der Waals surface area (Å²) in [7, 11) is 0. The SMILES string of the molecule is N[C@@H]1O[C@H](COCc2ccccc2)[C@@H](OCc2ccccc2)[C@H](OCc2ccccc2)[C@@H]1Cl. The highest BCUT2D eigenvalue weighted by Gasteiger charge is 2.45. The Morgan fingerprint density at radius 2 is 1.12 bits per heavy atom. The van der Waals surface area contributed by atoms with Gasteiger partial charge in [-0.05, 0) is 16.7 Å². The van der Waals surface area contributed by atoms with Gasteiger partial charge in [-0.2, -0.15) is 0 Å². The second-order valence-electron chi connectivity index (χ2n) is 8.11. The third kappa shape index (κ3) is 6.87. The fraction of sp³-hybridized carbons (Fsp3) is 0.333. The smallest absolute Gasteiger partial charge is 0.125 e. The molecular weight excluding hydrogens is 438 g/mol. The lowest BCUT2D eigenvalue weighted by molar-refractivity contribution is -0.216. The van der Waals surface area contributed by atoms with E-state index in [9.17, 15) is 0 Å². The van der Waals surface area contributed by atoms with Gasteiger partial charge in [0.25, 0.3) is 0 Å². The van der Waals surface area contributed by atoms with Crippen molar-refractivity contribution in [2.45, 2.75) is 49.7 Å². The predicted molar refractivity (Wildman–Crippen MR) is 129 cm³/mol. The van der Waals surface area contributed by atoms with E-state index in [1.807, 2.05) is 91.0 Å². The minimum absolute atomic E-state index is 0.316. The van der Waals surface area contributed by atoms with Crippen molar-refractivity contribution < 1.29 is 18.9 Å². The van der Waals surface area contributed by atoms with Gasteiger partial charge in [-0.15, -0.1) is 11.6 Å². The Balaban J connectivity index is 1.46. The lowest BCUT2D eigenvalue weighted by Crippen LogP contribution is -2.61. The lowest BCUT2D eigenvalue weighted by Gasteiger charge is -2.43. The minimum atomic E-state index is -0.686. The van der Waals surface area contributed by atoms with Crippen molar-refractivity contribution in [3.63, 3.8) is 0 Å². The zero-order valence-corrected chi connectivity index (χ0v) is 19.2. The van der Waals surface area contributed by atoms with E-state index in [-0.39, 0.29) is 0 Å². The van der Waals surface area contributed by atoms with E-state index in [4.69, 9.17) is 36.3 Å². The molecule has 1 fully saturated rings. The molecule has 4 rings (SSSR count). The first-order valence-electron chi connectivity index (χ1n) is 11.2. The van der Waals surface area contributed by atoms with E-state index in [0.717, 1.165) is 16.7 Å². The number of alkyl halides is 1. The average molecular weight is 468 g/mol. The number of hydrogen-bond acceptors (Lipinski definition) is 5. The largest absolute Gasteiger partial charge is 0.374 e. The zero-order valence-electron chi connectivity index (χ0n) is 18.5. The number of rotatable bonds is 10. The van der Waals surface area contributed by atoms with E-state index in [2.05, 4.69) is 0 Å². The van der Waals surface area contributed by atoms with Gasteiger partial charge in [-0.3, -0.25) is 0 Å². The van der Waals surface area contributed by atoms with Crippen molar-refractivity contribution in [2.24, 2.45) is 5.73 Å². The van der Waals surface area contributed by atoms with Crippen molar-refractivity contribution in [3.05, 3.63) is 108 Å². The summed E-state index contributed by atoms with van der Waals surface area (Å²) in [6.07, 6.45) is -1.99. The Morgan fingerprint density at radius 1 is 0.667 bits per heavy atom. The Bertz CT molecular complexity index is 944. The fourth-order valence-electron chi connectivity index (χ4n) is 3.86. The van der Waals surface area contributed by atoms with Crippen LogP contribution in [-0.2, 0) is 38.8 Å². The van der Waals surface area contributed by atoms with E-state index in [0.29, 0.717) is 26.4 Å². The maximum Gasteiger partial charge on any atom is 0.125 e. The van der Waals surface area contributed by atoms with Gasteiger partial charge in [0, 0.05) is 0 Å². The maximum absolute atomic E-state index is 6.68. The molecule has 0 amide bonds. The summed E-state index contributed by atoms with van der Waals surface area (Å²) in [5.74, 6) is 0. The van der Waals surface area contributed by atoms with Crippen LogP contribution in [-0.4, -0.2) is 36.5 Å². The molecule has 0 aliphatic carbocycles. The molecular formula is C27H30ClNO4. The van der Waals surface area contributed by atoms with Crippen LogP contribution in [0.1, 0.15) is 16.7 Å². The summed E-state index contributed by atoms with van der Waals surface area (Å²) in [5, 5.41) is -0.556. The van der Waals surface area contributed by atoms with Gasteiger partial charge in [-0.25, -0.2) is 0 Å². The van der Waals surface area contributed by atoms with Crippen LogP contribution in [0.2, 0.25) is 0 Å². The summed E-state index contributed by atoms with van der Waals surface area (Å²) < 4.78 is 24.6. The van der Waals surface area contributed by atoms with Crippen molar-refractivity contribution in [1.82, 2.24) is 0 Å². The molecule has 2 N–H and O–H groups in total. The summed E-state index contributed by atoms with van der Waals surface area (Å²) in [4.78, 5) is 0. The molecule has 1 saturated heterocycles. The topological polar surface area (TPSA) is 62.9 Å². The number of halogens is 1. The third-order valence-electron chi connectivity index (χ3n) is 5.61. The van der Waals surface area contributed by atoms with Crippen molar-refractivity contribution in [1.29, 1.82) is 0 Å².